The zero-order valence-corrected chi connectivity index (χ0v) is 10.7. The molecule has 2 amide bonds. The molecule has 1 fully saturated rings. The van der Waals surface area contributed by atoms with Crippen molar-refractivity contribution < 1.29 is 14.7 Å². The lowest BCUT2D eigenvalue weighted by Crippen LogP contribution is -2.61. The highest BCUT2D eigenvalue weighted by atomic mass is 16.4. The van der Waals surface area contributed by atoms with Gasteiger partial charge in [-0.25, -0.2) is 9.59 Å². The summed E-state index contributed by atoms with van der Waals surface area (Å²) in [5, 5.41) is 14.4. The highest BCUT2D eigenvalue weighted by molar-refractivity contribution is 5.87. The van der Waals surface area contributed by atoms with Gasteiger partial charge in [-0.15, -0.1) is 0 Å². The smallest absolute Gasteiger partial charge is 0.329 e. The molecule has 1 unspecified atom stereocenters. The van der Waals surface area contributed by atoms with Crippen LogP contribution < -0.4 is 10.6 Å². The fourth-order valence-corrected chi connectivity index (χ4v) is 2.09. The minimum atomic E-state index is -1.08. The molecule has 102 valence electrons. The van der Waals surface area contributed by atoms with Crippen LogP contribution in [0.3, 0.4) is 0 Å². The molecular weight excluding hydrogens is 246 g/mol. The monoisotopic (exact) mass is 263 g/mol. The number of carboxylic acids is 1. The van der Waals surface area contributed by atoms with E-state index < -0.39 is 17.5 Å². The Morgan fingerprint density at radius 2 is 2.21 bits per heavy atom. The number of aliphatic carboxylic acids is 1. The molecule has 6 nitrogen and oxygen atoms in total. The minimum absolute atomic E-state index is 0.223. The average Bonchev–Trinajstić information content (AvgIpc) is 2.34. The van der Waals surface area contributed by atoms with Crippen molar-refractivity contribution >= 4 is 12.0 Å². The third kappa shape index (κ3) is 2.83. The number of aromatic nitrogens is 1. The molecule has 1 aromatic heterocycles. The Labute approximate surface area is 111 Å². The van der Waals surface area contributed by atoms with Crippen LogP contribution in [0, 0.1) is 0 Å². The molecule has 0 aliphatic heterocycles. The van der Waals surface area contributed by atoms with Crippen LogP contribution in [0.5, 0.6) is 0 Å². The fourth-order valence-electron chi connectivity index (χ4n) is 2.09. The normalized spacial score (nSPS) is 17.9. The second kappa shape index (κ2) is 5.26. The molecule has 1 heterocycles. The van der Waals surface area contributed by atoms with Gasteiger partial charge in [0, 0.05) is 12.4 Å². The predicted molar refractivity (Wildman–Crippen MR) is 68.5 cm³/mol. The highest BCUT2D eigenvalue weighted by Gasteiger charge is 2.45. The van der Waals surface area contributed by atoms with Crippen molar-refractivity contribution in [3.05, 3.63) is 30.1 Å². The molecule has 0 aromatic carbocycles. The summed E-state index contributed by atoms with van der Waals surface area (Å²) in [7, 11) is 0. The zero-order chi connectivity index (χ0) is 13.9. The van der Waals surface area contributed by atoms with Crippen LogP contribution in [0.2, 0.25) is 0 Å². The largest absolute Gasteiger partial charge is 0.480 e. The van der Waals surface area contributed by atoms with Crippen molar-refractivity contribution in [2.75, 3.05) is 0 Å². The Morgan fingerprint density at radius 1 is 1.47 bits per heavy atom. The lowest BCUT2D eigenvalue weighted by atomic mass is 9.77. The molecule has 19 heavy (non-hydrogen) atoms. The van der Waals surface area contributed by atoms with Gasteiger partial charge in [-0.05, 0) is 37.8 Å². The molecule has 0 saturated heterocycles. The maximum atomic E-state index is 11.8. The Hall–Kier alpha value is -2.11. The first-order chi connectivity index (χ1) is 9.03. The van der Waals surface area contributed by atoms with E-state index in [-0.39, 0.29) is 6.04 Å². The fraction of sp³-hybridized carbons (Fsp3) is 0.462. The molecule has 6 heteroatoms. The van der Waals surface area contributed by atoms with Gasteiger partial charge in [0.25, 0.3) is 0 Å². The molecular formula is C13H17N3O3. The number of carbonyl (C=O) groups excluding carboxylic acids is 1. The van der Waals surface area contributed by atoms with E-state index in [1.165, 1.54) is 0 Å². The summed E-state index contributed by atoms with van der Waals surface area (Å²) in [6, 6.07) is 2.96. The second-order valence-electron chi connectivity index (χ2n) is 4.85. The Bertz CT molecular complexity index is 471. The van der Waals surface area contributed by atoms with E-state index in [2.05, 4.69) is 15.6 Å². The molecule has 0 radical (unpaired) electrons. The quantitative estimate of drug-likeness (QED) is 0.766. The number of amides is 2. The number of pyridine rings is 1. The zero-order valence-electron chi connectivity index (χ0n) is 10.7. The number of hydrogen-bond donors (Lipinski definition) is 3. The van der Waals surface area contributed by atoms with Crippen LogP contribution in [0.1, 0.15) is 37.8 Å². The number of urea groups is 1. The second-order valence-corrected chi connectivity index (χ2v) is 4.85. The SMILES string of the molecule is CC(NC(=O)NC1(C(=O)O)CCC1)c1cccnc1. The number of nitrogens with zero attached hydrogens (tertiary/aromatic N) is 1. The van der Waals surface area contributed by atoms with Crippen molar-refractivity contribution in [1.82, 2.24) is 15.6 Å². The third-order valence-corrected chi connectivity index (χ3v) is 3.50. The standard InChI is InChI=1S/C13H17N3O3/c1-9(10-4-2-7-14-8-10)15-12(19)16-13(11(17)18)5-3-6-13/h2,4,7-9H,3,5-6H2,1H3,(H,17,18)(H2,15,16,19). The molecule has 0 bridgehead atoms. The van der Waals surface area contributed by atoms with E-state index in [4.69, 9.17) is 5.11 Å². The molecule has 3 N–H and O–H groups in total. The third-order valence-electron chi connectivity index (χ3n) is 3.50. The summed E-state index contributed by atoms with van der Waals surface area (Å²) >= 11 is 0. The number of carbonyl (C=O) groups is 2. The van der Waals surface area contributed by atoms with E-state index in [0.717, 1.165) is 12.0 Å². The topological polar surface area (TPSA) is 91.3 Å². The van der Waals surface area contributed by atoms with Crippen LogP contribution in [0.15, 0.2) is 24.5 Å². The van der Waals surface area contributed by atoms with Gasteiger partial charge >= 0.3 is 12.0 Å². The first kappa shape index (κ1) is 13.3. The molecule has 1 aromatic rings. The first-order valence-corrected chi connectivity index (χ1v) is 6.25. The Kier molecular flexibility index (Phi) is 3.69. The van der Waals surface area contributed by atoms with Gasteiger partial charge < -0.3 is 15.7 Å². The van der Waals surface area contributed by atoms with Gasteiger partial charge in [0.1, 0.15) is 5.54 Å². The first-order valence-electron chi connectivity index (χ1n) is 6.25. The number of carboxylic acid groups (broad SMARTS) is 1. The lowest BCUT2D eigenvalue weighted by Gasteiger charge is -2.38. The maximum Gasteiger partial charge on any atom is 0.329 e. The predicted octanol–water partition coefficient (Wildman–Crippen LogP) is 1.45. The van der Waals surface area contributed by atoms with Crippen molar-refractivity contribution in [3.8, 4) is 0 Å². The van der Waals surface area contributed by atoms with Crippen LogP contribution in [-0.2, 0) is 4.79 Å². The molecule has 1 saturated carbocycles. The van der Waals surface area contributed by atoms with Crippen molar-refractivity contribution in [3.63, 3.8) is 0 Å². The summed E-state index contributed by atoms with van der Waals surface area (Å²) in [6.07, 6.45) is 5.12. The van der Waals surface area contributed by atoms with Crippen LogP contribution in [0.4, 0.5) is 4.79 Å². The van der Waals surface area contributed by atoms with Crippen molar-refractivity contribution in [2.24, 2.45) is 0 Å². The average molecular weight is 263 g/mol. The van der Waals surface area contributed by atoms with Crippen LogP contribution in [-0.4, -0.2) is 27.6 Å². The summed E-state index contributed by atoms with van der Waals surface area (Å²) in [5.74, 6) is -0.970. The number of rotatable bonds is 4. The summed E-state index contributed by atoms with van der Waals surface area (Å²) in [5.41, 5.74) is -0.214. The molecule has 1 aliphatic carbocycles. The Morgan fingerprint density at radius 3 is 2.68 bits per heavy atom. The molecule has 1 atom stereocenters. The Balaban J connectivity index is 1.93. The van der Waals surface area contributed by atoms with E-state index in [1.54, 1.807) is 18.5 Å². The van der Waals surface area contributed by atoms with Gasteiger partial charge in [0.05, 0.1) is 6.04 Å². The van der Waals surface area contributed by atoms with E-state index in [1.807, 2.05) is 13.0 Å². The van der Waals surface area contributed by atoms with Gasteiger partial charge in [0.2, 0.25) is 0 Å². The van der Waals surface area contributed by atoms with E-state index in [9.17, 15) is 9.59 Å². The van der Waals surface area contributed by atoms with Crippen molar-refractivity contribution in [2.45, 2.75) is 37.8 Å². The van der Waals surface area contributed by atoms with Gasteiger partial charge in [-0.1, -0.05) is 6.07 Å². The van der Waals surface area contributed by atoms with Crippen LogP contribution in [0.25, 0.3) is 0 Å². The minimum Gasteiger partial charge on any atom is -0.480 e. The molecule has 2 rings (SSSR count). The summed E-state index contributed by atoms with van der Waals surface area (Å²) in [6.45, 7) is 1.82. The summed E-state index contributed by atoms with van der Waals surface area (Å²) in [4.78, 5) is 27.0. The van der Waals surface area contributed by atoms with Gasteiger partial charge in [-0.3, -0.25) is 4.98 Å². The molecule has 0 spiro atoms. The van der Waals surface area contributed by atoms with Gasteiger partial charge in [0.15, 0.2) is 0 Å². The van der Waals surface area contributed by atoms with Crippen LogP contribution >= 0.6 is 0 Å². The highest BCUT2D eigenvalue weighted by Crippen LogP contribution is 2.31. The van der Waals surface area contributed by atoms with Crippen molar-refractivity contribution in [1.29, 1.82) is 0 Å². The summed E-state index contributed by atoms with van der Waals surface area (Å²) < 4.78 is 0. The lowest BCUT2D eigenvalue weighted by molar-refractivity contribution is -0.148. The maximum absolute atomic E-state index is 11.8. The van der Waals surface area contributed by atoms with E-state index in [0.29, 0.717) is 12.8 Å². The van der Waals surface area contributed by atoms with E-state index >= 15 is 0 Å². The number of hydrogen-bond acceptors (Lipinski definition) is 3. The molecule has 1 aliphatic rings. The van der Waals surface area contributed by atoms with Gasteiger partial charge in [-0.2, -0.15) is 0 Å². The number of nitrogens with one attached hydrogen (secondary N) is 2.